The van der Waals surface area contributed by atoms with Gasteiger partial charge in [0.1, 0.15) is 5.75 Å². The SMILES string of the molecule is COc1ccc(CN(CC(=O)NC2(c3ccccc3)CCC2)C2CCS(=O)(=O)C2)cc1. The molecule has 1 unspecified atom stereocenters. The number of rotatable bonds is 8. The maximum Gasteiger partial charge on any atom is 0.234 e. The Morgan fingerprint density at radius 1 is 1.13 bits per heavy atom. The molecule has 2 aliphatic rings. The number of nitrogens with one attached hydrogen (secondary N) is 1. The highest BCUT2D eigenvalue weighted by molar-refractivity contribution is 7.91. The summed E-state index contributed by atoms with van der Waals surface area (Å²) >= 11 is 0. The molecule has 1 N–H and O–H groups in total. The van der Waals surface area contributed by atoms with Crippen LogP contribution in [0.1, 0.15) is 36.8 Å². The molecule has 4 rings (SSSR count). The third kappa shape index (κ3) is 5.10. The number of sulfone groups is 1. The van der Waals surface area contributed by atoms with Crippen molar-refractivity contribution in [1.82, 2.24) is 10.2 Å². The average Bonchev–Trinajstić information content (AvgIpc) is 3.11. The van der Waals surface area contributed by atoms with E-state index in [2.05, 4.69) is 17.4 Å². The Hall–Kier alpha value is -2.38. The molecule has 2 fully saturated rings. The van der Waals surface area contributed by atoms with Gasteiger partial charge in [-0.05, 0) is 48.9 Å². The van der Waals surface area contributed by atoms with E-state index in [9.17, 15) is 13.2 Å². The number of ether oxygens (including phenoxy) is 1. The van der Waals surface area contributed by atoms with Gasteiger partial charge in [0.05, 0.1) is 30.7 Å². The molecule has 2 aromatic rings. The minimum Gasteiger partial charge on any atom is -0.497 e. The van der Waals surface area contributed by atoms with Crippen molar-refractivity contribution in [3.05, 3.63) is 65.7 Å². The van der Waals surface area contributed by atoms with Crippen LogP contribution in [0.5, 0.6) is 5.75 Å². The third-order valence-electron chi connectivity index (χ3n) is 6.53. The molecule has 1 saturated heterocycles. The molecule has 0 radical (unpaired) electrons. The molecule has 2 aromatic carbocycles. The number of nitrogens with zero attached hydrogens (tertiary/aromatic N) is 1. The molecule has 1 aliphatic heterocycles. The first-order chi connectivity index (χ1) is 14.9. The van der Waals surface area contributed by atoms with Crippen LogP contribution in [0.4, 0.5) is 0 Å². The van der Waals surface area contributed by atoms with Crippen molar-refractivity contribution in [2.75, 3.05) is 25.2 Å². The quantitative estimate of drug-likeness (QED) is 0.680. The van der Waals surface area contributed by atoms with Crippen molar-refractivity contribution < 1.29 is 17.9 Å². The second kappa shape index (κ2) is 9.01. The Balaban J connectivity index is 1.49. The van der Waals surface area contributed by atoms with Crippen LogP contribution in [0.2, 0.25) is 0 Å². The van der Waals surface area contributed by atoms with Crippen molar-refractivity contribution in [3.8, 4) is 5.75 Å². The summed E-state index contributed by atoms with van der Waals surface area (Å²) in [5.74, 6) is 1.01. The van der Waals surface area contributed by atoms with Crippen LogP contribution in [0.25, 0.3) is 0 Å². The van der Waals surface area contributed by atoms with Crippen LogP contribution in [0.3, 0.4) is 0 Å². The first-order valence-corrected chi connectivity index (χ1v) is 12.7. The predicted molar refractivity (Wildman–Crippen MR) is 121 cm³/mol. The third-order valence-corrected chi connectivity index (χ3v) is 8.28. The summed E-state index contributed by atoms with van der Waals surface area (Å²) in [6.45, 7) is 0.705. The van der Waals surface area contributed by atoms with Gasteiger partial charge >= 0.3 is 0 Å². The van der Waals surface area contributed by atoms with E-state index in [0.29, 0.717) is 13.0 Å². The lowest BCUT2D eigenvalue weighted by Crippen LogP contribution is -2.54. The summed E-state index contributed by atoms with van der Waals surface area (Å²) in [6, 6.07) is 17.7. The Labute approximate surface area is 184 Å². The molecular formula is C24H30N2O4S. The first-order valence-electron chi connectivity index (χ1n) is 10.8. The molecular weight excluding hydrogens is 412 g/mol. The molecule has 1 atom stereocenters. The van der Waals surface area contributed by atoms with Crippen molar-refractivity contribution in [2.24, 2.45) is 0 Å². The number of methoxy groups -OCH3 is 1. The largest absolute Gasteiger partial charge is 0.497 e. The lowest BCUT2D eigenvalue weighted by Gasteiger charge is -2.43. The molecule has 166 valence electrons. The number of benzene rings is 2. The highest BCUT2D eigenvalue weighted by Gasteiger charge is 2.40. The van der Waals surface area contributed by atoms with Gasteiger partial charge in [0.15, 0.2) is 9.84 Å². The van der Waals surface area contributed by atoms with Gasteiger partial charge in [-0.3, -0.25) is 9.69 Å². The molecule has 1 heterocycles. The molecule has 0 aromatic heterocycles. The Bertz CT molecular complexity index is 1000. The molecule has 1 amide bonds. The van der Waals surface area contributed by atoms with Crippen LogP contribution >= 0.6 is 0 Å². The van der Waals surface area contributed by atoms with E-state index in [-0.39, 0.29) is 35.5 Å². The molecule has 7 heteroatoms. The van der Waals surface area contributed by atoms with Gasteiger partial charge in [0.25, 0.3) is 0 Å². The minimum atomic E-state index is -3.04. The molecule has 31 heavy (non-hydrogen) atoms. The zero-order valence-electron chi connectivity index (χ0n) is 17.9. The van der Waals surface area contributed by atoms with Gasteiger partial charge in [-0.15, -0.1) is 0 Å². The van der Waals surface area contributed by atoms with Gasteiger partial charge in [-0.1, -0.05) is 42.5 Å². The van der Waals surface area contributed by atoms with Crippen molar-refractivity contribution in [3.63, 3.8) is 0 Å². The summed E-state index contributed by atoms with van der Waals surface area (Å²) in [4.78, 5) is 15.1. The van der Waals surface area contributed by atoms with E-state index >= 15 is 0 Å². The van der Waals surface area contributed by atoms with Gasteiger partial charge in [0.2, 0.25) is 5.91 Å². The van der Waals surface area contributed by atoms with Crippen molar-refractivity contribution in [1.29, 1.82) is 0 Å². The zero-order valence-corrected chi connectivity index (χ0v) is 18.7. The number of amides is 1. The topological polar surface area (TPSA) is 75.7 Å². The van der Waals surface area contributed by atoms with Crippen LogP contribution < -0.4 is 10.1 Å². The van der Waals surface area contributed by atoms with Gasteiger partial charge in [-0.2, -0.15) is 0 Å². The van der Waals surface area contributed by atoms with Crippen LogP contribution in [-0.2, 0) is 26.7 Å². The zero-order chi connectivity index (χ0) is 21.9. The second-order valence-electron chi connectivity index (χ2n) is 8.66. The van der Waals surface area contributed by atoms with E-state index in [0.717, 1.165) is 36.1 Å². The minimum absolute atomic E-state index is 0.0543. The second-order valence-corrected chi connectivity index (χ2v) is 10.9. The van der Waals surface area contributed by atoms with Crippen LogP contribution in [0.15, 0.2) is 54.6 Å². The lowest BCUT2D eigenvalue weighted by molar-refractivity contribution is -0.126. The standard InChI is InChI=1S/C24H30N2O4S/c1-30-22-10-8-19(9-11-22)16-26(21-12-15-31(28,29)18-21)17-23(27)25-24(13-5-14-24)20-6-3-2-4-7-20/h2-4,6-11,21H,5,12-18H2,1H3,(H,25,27). The molecule has 1 aliphatic carbocycles. The van der Waals surface area contributed by atoms with Gasteiger partial charge in [0, 0.05) is 12.6 Å². The van der Waals surface area contributed by atoms with Crippen molar-refractivity contribution >= 4 is 15.7 Å². The maximum atomic E-state index is 13.1. The first kappa shape index (κ1) is 21.8. The maximum absolute atomic E-state index is 13.1. The van der Waals surface area contributed by atoms with Crippen LogP contribution in [-0.4, -0.2) is 50.4 Å². The van der Waals surface area contributed by atoms with Crippen molar-refractivity contribution in [2.45, 2.75) is 43.8 Å². The molecule has 0 spiro atoms. The summed E-state index contributed by atoms with van der Waals surface area (Å²) < 4.78 is 29.4. The summed E-state index contributed by atoms with van der Waals surface area (Å²) in [5, 5.41) is 3.27. The highest BCUT2D eigenvalue weighted by atomic mass is 32.2. The fourth-order valence-electron chi connectivity index (χ4n) is 4.61. The molecule has 1 saturated carbocycles. The fraction of sp³-hybridized carbons (Fsp3) is 0.458. The van der Waals surface area contributed by atoms with Gasteiger partial charge < -0.3 is 10.1 Å². The molecule has 6 nitrogen and oxygen atoms in total. The van der Waals surface area contributed by atoms with Gasteiger partial charge in [-0.25, -0.2) is 8.42 Å². The Kier molecular flexibility index (Phi) is 6.34. The normalized spacial score (nSPS) is 21.4. The molecule has 0 bridgehead atoms. The Morgan fingerprint density at radius 2 is 1.84 bits per heavy atom. The van der Waals surface area contributed by atoms with E-state index in [1.54, 1.807) is 7.11 Å². The summed E-state index contributed by atoms with van der Waals surface area (Å²) in [5.41, 5.74) is 1.87. The number of carbonyl (C=O) groups is 1. The van der Waals surface area contributed by atoms with E-state index in [1.807, 2.05) is 47.4 Å². The summed E-state index contributed by atoms with van der Waals surface area (Å²) in [6.07, 6.45) is 3.51. The lowest BCUT2D eigenvalue weighted by atomic mass is 9.72. The average molecular weight is 443 g/mol. The predicted octanol–water partition coefficient (Wildman–Crippen LogP) is 2.88. The van der Waals surface area contributed by atoms with E-state index in [1.165, 1.54) is 0 Å². The fourth-order valence-corrected chi connectivity index (χ4v) is 6.37. The van der Waals surface area contributed by atoms with E-state index in [4.69, 9.17) is 4.74 Å². The number of carbonyl (C=O) groups excluding carboxylic acids is 1. The van der Waals surface area contributed by atoms with E-state index < -0.39 is 9.84 Å². The highest BCUT2D eigenvalue weighted by Crippen LogP contribution is 2.41. The van der Waals surface area contributed by atoms with Crippen LogP contribution in [0, 0.1) is 0 Å². The summed E-state index contributed by atoms with van der Waals surface area (Å²) in [7, 11) is -1.42. The monoisotopic (exact) mass is 442 g/mol. The smallest absolute Gasteiger partial charge is 0.234 e. The number of hydrogen-bond donors (Lipinski definition) is 1. The Morgan fingerprint density at radius 3 is 2.39 bits per heavy atom. The number of hydrogen-bond acceptors (Lipinski definition) is 5.